The van der Waals surface area contributed by atoms with E-state index in [0.29, 0.717) is 5.54 Å². The van der Waals surface area contributed by atoms with Crippen molar-refractivity contribution < 1.29 is 0 Å². The lowest BCUT2D eigenvalue weighted by atomic mass is 9.90. The van der Waals surface area contributed by atoms with Crippen molar-refractivity contribution in [3.63, 3.8) is 0 Å². The van der Waals surface area contributed by atoms with Gasteiger partial charge in [0.15, 0.2) is 0 Å². The third-order valence-corrected chi connectivity index (χ3v) is 6.27. The van der Waals surface area contributed by atoms with E-state index in [-0.39, 0.29) is 0 Å². The van der Waals surface area contributed by atoms with Crippen LogP contribution < -0.4 is 5.32 Å². The van der Waals surface area contributed by atoms with Gasteiger partial charge in [-0.25, -0.2) is 0 Å². The molecule has 0 bridgehead atoms. The lowest BCUT2D eigenvalue weighted by Gasteiger charge is -2.41. The molecule has 0 spiro atoms. The van der Waals surface area contributed by atoms with Gasteiger partial charge in [0.25, 0.3) is 0 Å². The summed E-state index contributed by atoms with van der Waals surface area (Å²) in [5.41, 5.74) is 0.374. The maximum atomic E-state index is 3.86. The molecule has 0 radical (unpaired) electrons. The first-order chi connectivity index (χ1) is 9.78. The van der Waals surface area contributed by atoms with E-state index in [1.165, 1.54) is 77.7 Å². The number of piperidine rings is 1. The van der Waals surface area contributed by atoms with Gasteiger partial charge < -0.3 is 5.32 Å². The second-order valence-electron chi connectivity index (χ2n) is 7.19. The summed E-state index contributed by atoms with van der Waals surface area (Å²) in [6.07, 6.45) is 9.59. The van der Waals surface area contributed by atoms with Crippen LogP contribution in [0.2, 0.25) is 0 Å². The first-order valence-corrected chi connectivity index (χ1v) is 9.01. The molecule has 3 heterocycles. The van der Waals surface area contributed by atoms with E-state index < -0.39 is 0 Å². The summed E-state index contributed by atoms with van der Waals surface area (Å²) in [5.74, 6) is 0. The minimum absolute atomic E-state index is 0.374. The molecule has 2 atom stereocenters. The Morgan fingerprint density at radius 1 is 0.900 bits per heavy atom. The molecule has 0 saturated carbocycles. The second-order valence-corrected chi connectivity index (χ2v) is 7.19. The molecular weight excluding hydrogens is 246 g/mol. The van der Waals surface area contributed by atoms with Gasteiger partial charge in [-0.1, -0.05) is 20.3 Å². The predicted octanol–water partition coefficient (Wildman–Crippen LogP) is 2.47. The molecule has 3 saturated heterocycles. The highest BCUT2D eigenvalue weighted by atomic mass is 15.3. The molecule has 1 N–H and O–H groups in total. The van der Waals surface area contributed by atoms with Crippen molar-refractivity contribution in [3.8, 4) is 0 Å². The molecule has 3 nitrogen and oxygen atoms in total. The fraction of sp³-hybridized carbons (Fsp3) is 1.00. The van der Waals surface area contributed by atoms with E-state index >= 15 is 0 Å². The van der Waals surface area contributed by atoms with Crippen LogP contribution in [0.15, 0.2) is 0 Å². The highest BCUT2D eigenvalue weighted by Crippen LogP contribution is 2.32. The first-order valence-electron chi connectivity index (χ1n) is 9.01. The van der Waals surface area contributed by atoms with Crippen molar-refractivity contribution in [2.24, 2.45) is 0 Å². The summed E-state index contributed by atoms with van der Waals surface area (Å²) in [4.78, 5) is 5.65. The molecule has 20 heavy (non-hydrogen) atoms. The van der Waals surface area contributed by atoms with Gasteiger partial charge in [0.1, 0.15) is 0 Å². The predicted molar refractivity (Wildman–Crippen MR) is 85.1 cm³/mol. The Labute approximate surface area is 125 Å². The summed E-state index contributed by atoms with van der Waals surface area (Å²) in [6.45, 7) is 11.2. The largest absolute Gasteiger partial charge is 0.310 e. The quantitative estimate of drug-likeness (QED) is 0.856. The Kier molecular flexibility index (Phi) is 4.68. The van der Waals surface area contributed by atoms with Crippen LogP contribution in [0.25, 0.3) is 0 Å². The van der Waals surface area contributed by atoms with Gasteiger partial charge >= 0.3 is 0 Å². The van der Waals surface area contributed by atoms with Gasteiger partial charge in [0, 0.05) is 30.7 Å². The van der Waals surface area contributed by atoms with E-state index in [0.717, 1.165) is 12.1 Å². The van der Waals surface area contributed by atoms with Crippen LogP contribution >= 0.6 is 0 Å². The summed E-state index contributed by atoms with van der Waals surface area (Å²) in [5, 5.41) is 3.86. The number of nitrogens with zero attached hydrogens (tertiary/aromatic N) is 2. The zero-order valence-corrected chi connectivity index (χ0v) is 13.5. The van der Waals surface area contributed by atoms with Crippen LogP contribution in [0.4, 0.5) is 0 Å². The number of nitrogens with one attached hydrogen (secondary N) is 1. The molecule has 0 amide bonds. The van der Waals surface area contributed by atoms with Gasteiger partial charge in [-0.2, -0.15) is 0 Å². The van der Waals surface area contributed by atoms with E-state index in [1.807, 2.05) is 0 Å². The van der Waals surface area contributed by atoms with Gasteiger partial charge in [-0.3, -0.25) is 9.80 Å². The fourth-order valence-corrected chi connectivity index (χ4v) is 4.81. The van der Waals surface area contributed by atoms with Crippen LogP contribution in [-0.4, -0.2) is 60.1 Å². The lowest BCUT2D eigenvalue weighted by molar-refractivity contribution is 0.0949. The van der Waals surface area contributed by atoms with Crippen molar-refractivity contribution in [3.05, 3.63) is 0 Å². The molecule has 3 aliphatic heterocycles. The minimum atomic E-state index is 0.374. The standard InChI is InChI=1S/C17H33N3/c1-3-17(4-2)14-20(12-7-10-18-17)16-9-13-19-11-6-5-8-15(16)19/h15-16,18H,3-14H2,1-2H3. The molecule has 0 aromatic carbocycles. The van der Waals surface area contributed by atoms with Crippen molar-refractivity contribution in [1.29, 1.82) is 0 Å². The summed E-state index contributed by atoms with van der Waals surface area (Å²) < 4.78 is 0. The van der Waals surface area contributed by atoms with Crippen LogP contribution in [-0.2, 0) is 0 Å². The number of rotatable bonds is 3. The molecule has 116 valence electrons. The van der Waals surface area contributed by atoms with E-state index in [9.17, 15) is 0 Å². The van der Waals surface area contributed by atoms with Gasteiger partial charge in [-0.05, 0) is 58.2 Å². The third-order valence-electron chi connectivity index (χ3n) is 6.27. The van der Waals surface area contributed by atoms with Crippen molar-refractivity contribution in [2.45, 2.75) is 76.4 Å². The summed E-state index contributed by atoms with van der Waals surface area (Å²) in [6, 6.07) is 1.71. The van der Waals surface area contributed by atoms with E-state index in [2.05, 4.69) is 29.0 Å². The van der Waals surface area contributed by atoms with Crippen LogP contribution in [0, 0.1) is 0 Å². The van der Waals surface area contributed by atoms with Crippen LogP contribution in [0.1, 0.15) is 58.8 Å². The van der Waals surface area contributed by atoms with E-state index in [1.54, 1.807) is 0 Å². The summed E-state index contributed by atoms with van der Waals surface area (Å²) in [7, 11) is 0. The van der Waals surface area contributed by atoms with Crippen LogP contribution in [0.3, 0.4) is 0 Å². The molecule has 3 heteroatoms. The monoisotopic (exact) mass is 279 g/mol. The van der Waals surface area contributed by atoms with Crippen molar-refractivity contribution in [1.82, 2.24) is 15.1 Å². The Bertz CT molecular complexity index is 313. The van der Waals surface area contributed by atoms with Gasteiger partial charge in [0.05, 0.1) is 0 Å². The molecular formula is C17H33N3. The normalized spacial score (nSPS) is 35.7. The molecule has 3 rings (SSSR count). The van der Waals surface area contributed by atoms with Gasteiger partial charge in [-0.15, -0.1) is 0 Å². The van der Waals surface area contributed by atoms with Gasteiger partial charge in [0.2, 0.25) is 0 Å². The Morgan fingerprint density at radius 3 is 2.45 bits per heavy atom. The molecule has 2 unspecified atom stereocenters. The maximum absolute atomic E-state index is 3.86. The molecule has 3 fully saturated rings. The molecule has 0 aromatic rings. The average molecular weight is 279 g/mol. The van der Waals surface area contributed by atoms with E-state index in [4.69, 9.17) is 0 Å². The topological polar surface area (TPSA) is 18.5 Å². The Balaban J connectivity index is 1.71. The lowest BCUT2D eigenvalue weighted by Crippen LogP contribution is -2.55. The van der Waals surface area contributed by atoms with Crippen molar-refractivity contribution >= 4 is 0 Å². The number of hydrogen-bond acceptors (Lipinski definition) is 3. The Morgan fingerprint density at radius 2 is 1.65 bits per heavy atom. The maximum Gasteiger partial charge on any atom is 0.0303 e. The molecule has 3 aliphatic rings. The summed E-state index contributed by atoms with van der Waals surface area (Å²) >= 11 is 0. The van der Waals surface area contributed by atoms with Crippen LogP contribution in [0.5, 0.6) is 0 Å². The minimum Gasteiger partial charge on any atom is -0.310 e. The molecule has 0 aromatic heterocycles. The van der Waals surface area contributed by atoms with Crippen molar-refractivity contribution in [2.75, 3.05) is 32.7 Å². The SMILES string of the molecule is CCC1(CC)CN(C2CCN3CCCCC23)CCCN1. The Hall–Kier alpha value is -0.120. The smallest absolute Gasteiger partial charge is 0.0303 e. The number of hydrogen-bond donors (Lipinski definition) is 1. The average Bonchev–Trinajstić information content (AvgIpc) is 2.81. The highest BCUT2D eigenvalue weighted by Gasteiger charge is 2.41. The third kappa shape index (κ3) is 2.77. The first kappa shape index (κ1) is 14.8. The number of fused-ring (bicyclic) bond motifs is 1. The second kappa shape index (κ2) is 6.33. The highest BCUT2D eigenvalue weighted by molar-refractivity contribution is 4.99. The molecule has 0 aliphatic carbocycles. The fourth-order valence-electron chi connectivity index (χ4n) is 4.81. The zero-order chi connectivity index (χ0) is 14.0. The zero-order valence-electron chi connectivity index (χ0n) is 13.5.